The molecule has 0 radical (unpaired) electrons. The Morgan fingerprint density at radius 3 is 2.12 bits per heavy atom. The standard InChI is InChI=1S/C18H14Cl4F3N/c1-26-9-11-4-2-10(6-14(11)19)3-5-13(18(23,24)25)12-7-15(20)17(22)16(21)8-12/h2-8,13,26H,9H2,1H3/b5-3+. The Bertz CT molecular complexity index is 796. The molecule has 2 rings (SSSR count). The molecule has 140 valence electrons. The topological polar surface area (TPSA) is 12.0 Å². The molecule has 0 heterocycles. The zero-order valence-corrected chi connectivity index (χ0v) is 16.5. The Morgan fingerprint density at radius 1 is 1.00 bits per heavy atom. The van der Waals surface area contributed by atoms with Crippen molar-refractivity contribution in [3.63, 3.8) is 0 Å². The first-order chi connectivity index (χ1) is 12.1. The van der Waals surface area contributed by atoms with Crippen LogP contribution in [0, 0.1) is 0 Å². The first-order valence-electron chi connectivity index (χ1n) is 7.46. The fraction of sp³-hybridized carbons (Fsp3) is 0.222. The molecular weight excluding hydrogens is 429 g/mol. The lowest BCUT2D eigenvalue weighted by Crippen LogP contribution is -2.19. The van der Waals surface area contributed by atoms with Gasteiger partial charge in [0, 0.05) is 11.6 Å². The van der Waals surface area contributed by atoms with Crippen molar-refractivity contribution in [2.75, 3.05) is 7.05 Å². The van der Waals surface area contributed by atoms with Gasteiger partial charge in [-0.2, -0.15) is 13.2 Å². The summed E-state index contributed by atoms with van der Waals surface area (Å²) in [7, 11) is 1.78. The minimum absolute atomic E-state index is 0.0221. The fourth-order valence-corrected chi connectivity index (χ4v) is 3.24. The SMILES string of the molecule is CNCc1ccc(/C=C/C(c2cc(Cl)c(Cl)c(Cl)c2)C(F)(F)F)cc1Cl. The Balaban J connectivity index is 2.38. The zero-order valence-electron chi connectivity index (χ0n) is 13.5. The van der Waals surface area contributed by atoms with Crippen LogP contribution in [0.1, 0.15) is 22.6 Å². The third-order valence-corrected chi connectivity index (χ3v) is 5.19. The summed E-state index contributed by atoms with van der Waals surface area (Å²) in [5, 5.41) is 3.40. The summed E-state index contributed by atoms with van der Waals surface area (Å²) < 4.78 is 40.5. The van der Waals surface area contributed by atoms with E-state index in [9.17, 15) is 13.2 Å². The molecule has 8 heteroatoms. The second-order valence-electron chi connectivity index (χ2n) is 5.56. The van der Waals surface area contributed by atoms with Crippen molar-refractivity contribution in [2.24, 2.45) is 0 Å². The van der Waals surface area contributed by atoms with E-state index in [0.29, 0.717) is 17.1 Å². The van der Waals surface area contributed by atoms with Crippen molar-refractivity contribution in [1.29, 1.82) is 0 Å². The maximum Gasteiger partial charge on any atom is 0.399 e. The van der Waals surface area contributed by atoms with Gasteiger partial charge >= 0.3 is 6.18 Å². The van der Waals surface area contributed by atoms with Gasteiger partial charge in [0.2, 0.25) is 0 Å². The molecule has 0 spiro atoms. The molecule has 2 aromatic carbocycles. The van der Waals surface area contributed by atoms with Crippen LogP contribution in [0.3, 0.4) is 0 Å². The highest BCUT2D eigenvalue weighted by Crippen LogP contribution is 2.41. The summed E-state index contributed by atoms with van der Waals surface area (Å²) in [6, 6.07) is 7.41. The molecule has 1 atom stereocenters. The first-order valence-corrected chi connectivity index (χ1v) is 8.97. The third-order valence-electron chi connectivity index (χ3n) is 3.64. The van der Waals surface area contributed by atoms with Crippen LogP contribution in [0.15, 0.2) is 36.4 Å². The molecule has 0 saturated heterocycles. The highest BCUT2D eigenvalue weighted by Gasteiger charge is 2.39. The number of hydrogen-bond donors (Lipinski definition) is 1. The highest BCUT2D eigenvalue weighted by molar-refractivity contribution is 6.48. The van der Waals surface area contributed by atoms with Gasteiger partial charge in [-0.05, 0) is 41.9 Å². The molecule has 0 fully saturated rings. The largest absolute Gasteiger partial charge is 0.399 e. The molecule has 1 unspecified atom stereocenters. The van der Waals surface area contributed by atoms with E-state index in [1.54, 1.807) is 25.2 Å². The number of benzene rings is 2. The van der Waals surface area contributed by atoms with Gasteiger partial charge in [-0.25, -0.2) is 0 Å². The Labute approximate surface area is 169 Å². The van der Waals surface area contributed by atoms with Gasteiger partial charge in [0.15, 0.2) is 0 Å². The van der Waals surface area contributed by atoms with Gasteiger partial charge in [0.1, 0.15) is 0 Å². The van der Waals surface area contributed by atoms with Gasteiger partial charge in [0.05, 0.1) is 21.0 Å². The highest BCUT2D eigenvalue weighted by atomic mass is 35.5. The summed E-state index contributed by atoms with van der Waals surface area (Å²) in [6.07, 6.45) is -2.12. The third kappa shape index (κ3) is 5.30. The van der Waals surface area contributed by atoms with Crippen LogP contribution in [-0.4, -0.2) is 13.2 Å². The van der Waals surface area contributed by atoms with Crippen LogP contribution in [-0.2, 0) is 6.54 Å². The molecule has 0 amide bonds. The molecule has 0 aliphatic rings. The van der Waals surface area contributed by atoms with Gasteiger partial charge in [-0.3, -0.25) is 0 Å². The zero-order chi connectivity index (χ0) is 19.5. The van der Waals surface area contributed by atoms with Crippen LogP contribution >= 0.6 is 46.4 Å². The van der Waals surface area contributed by atoms with E-state index in [1.165, 1.54) is 18.2 Å². The van der Waals surface area contributed by atoms with Crippen molar-refractivity contribution < 1.29 is 13.2 Å². The van der Waals surface area contributed by atoms with Crippen LogP contribution in [0.5, 0.6) is 0 Å². The molecular formula is C18H14Cl4F3N. The van der Waals surface area contributed by atoms with E-state index in [0.717, 1.165) is 11.6 Å². The Hall–Kier alpha value is -0.910. The number of nitrogens with one attached hydrogen (secondary N) is 1. The number of hydrogen-bond acceptors (Lipinski definition) is 1. The summed E-state index contributed by atoms with van der Waals surface area (Å²) in [5.74, 6) is -1.88. The van der Waals surface area contributed by atoms with E-state index < -0.39 is 12.1 Å². The first kappa shape index (κ1) is 21.4. The molecule has 1 N–H and O–H groups in total. The van der Waals surface area contributed by atoms with Crippen molar-refractivity contribution in [1.82, 2.24) is 5.32 Å². The van der Waals surface area contributed by atoms with Crippen molar-refractivity contribution >= 4 is 52.5 Å². The van der Waals surface area contributed by atoms with Gasteiger partial charge in [-0.15, -0.1) is 0 Å². The molecule has 0 bridgehead atoms. The predicted molar refractivity (Wildman–Crippen MR) is 104 cm³/mol. The second kappa shape index (κ2) is 8.85. The molecule has 26 heavy (non-hydrogen) atoms. The Morgan fingerprint density at radius 2 is 1.62 bits per heavy atom. The van der Waals surface area contributed by atoms with Gasteiger partial charge in [-0.1, -0.05) is 70.7 Å². The van der Waals surface area contributed by atoms with Crippen molar-refractivity contribution in [2.45, 2.75) is 18.6 Å². The lowest BCUT2D eigenvalue weighted by molar-refractivity contribution is -0.139. The minimum atomic E-state index is -4.52. The van der Waals surface area contributed by atoms with E-state index in [2.05, 4.69) is 5.32 Å². The average molecular weight is 443 g/mol. The number of alkyl halides is 3. The number of rotatable bonds is 5. The maximum atomic E-state index is 13.5. The number of allylic oxidation sites excluding steroid dienone is 1. The van der Waals surface area contributed by atoms with E-state index in [4.69, 9.17) is 46.4 Å². The summed E-state index contributed by atoms with van der Waals surface area (Å²) in [4.78, 5) is 0. The van der Waals surface area contributed by atoms with Crippen LogP contribution < -0.4 is 5.32 Å². The quantitative estimate of drug-likeness (QED) is 0.476. The average Bonchev–Trinajstić information content (AvgIpc) is 2.54. The lowest BCUT2D eigenvalue weighted by atomic mass is 9.97. The fourth-order valence-electron chi connectivity index (χ4n) is 2.37. The van der Waals surface area contributed by atoms with Crippen LogP contribution in [0.4, 0.5) is 13.2 Å². The summed E-state index contributed by atoms with van der Waals surface area (Å²) in [5.41, 5.74) is 1.32. The van der Waals surface area contributed by atoms with E-state index in [-0.39, 0.29) is 20.6 Å². The van der Waals surface area contributed by atoms with Crippen LogP contribution in [0.25, 0.3) is 6.08 Å². The van der Waals surface area contributed by atoms with Crippen LogP contribution in [0.2, 0.25) is 20.1 Å². The lowest BCUT2D eigenvalue weighted by Gasteiger charge is -2.18. The normalized spacial score (nSPS) is 13.4. The van der Waals surface area contributed by atoms with Gasteiger partial charge in [0.25, 0.3) is 0 Å². The summed E-state index contributed by atoms with van der Waals surface area (Å²) >= 11 is 23.7. The van der Waals surface area contributed by atoms with E-state index >= 15 is 0 Å². The molecule has 2 aromatic rings. The molecule has 0 aliphatic heterocycles. The predicted octanol–water partition coefficient (Wildman–Crippen LogP) is 7.38. The second-order valence-corrected chi connectivity index (χ2v) is 7.16. The van der Waals surface area contributed by atoms with E-state index in [1.807, 2.05) is 0 Å². The molecule has 0 aromatic heterocycles. The summed E-state index contributed by atoms with van der Waals surface area (Å²) in [6.45, 7) is 0.565. The van der Waals surface area contributed by atoms with Crippen molar-refractivity contribution in [3.05, 3.63) is 73.2 Å². The smallest absolute Gasteiger partial charge is 0.316 e. The number of halogens is 7. The van der Waals surface area contributed by atoms with Crippen molar-refractivity contribution in [3.8, 4) is 0 Å². The minimum Gasteiger partial charge on any atom is -0.316 e. The maximum absolute atomic E-state index is 13.5. The Kier molecular flexibility index (Phi) is 7.28. The molecule has 1 nitrogen and oxygen atoms in total. The van der Waals surface area contributed by atoms with Gasteiger partial charge < -0.3 is 5.32 Å². The molecule has 0 aliphatic carbocycles. The monoisotopic (exact) mass is 441 g/mol. The molecule has 0 saturated carbocycles.